The molecule has 102 valence electrons. The monoisotopic (exact) mass is 260 g/mol. The lowest BCUT2D eigenvalue weighted by Gasteiger charge is -2.31. The number of nitrogens with zero attached hydrogens (tertiary/aromatic N) is 1. The fourth-order valence-corrected chi connectivity index (χ4v) is 2.99. The van der Waals surface area contributed by atoms with E-state index in [9.17, 15) is 4.79 Å². The Morgan fingerprint density at radius 1 is 1.37 bits per heavy atom. The Balaban J connectivity index is 1.80. The van der Waals surface area contributed by atoms with Crippen LogP contribution in [0.4, 0.5) is 0 Å². The molecule has 1 saturated heterocycles. The van der Waals surface area contributed by atoms with Crippen LogP contribution in [0.3, 0.4) is 0 Å². The molecule has 2 atom stereocenters. The SMILES string of the molecule is CN(C(=O)C1CCOc2ccccc21)C1CCNC1. The van der Waals surface area contributed by atoms with Crippen molar-refractivity contribution in [3.63, 3.8) is 0 Å². The van der Waals surface area contributed by atoms with Gasteiger partial charge < -0.3 is 15.0 Å². The highest BCUT2D eigenvalue weighted by molar-refractivity contribution is 5.85. The molecule has 19 heavy (non-hydrogen) atoms. The van der Waals surface area contributed by atoms with Crippen molar-refractivity contribution in [2.45, 2.75) is 24.8 Å². The van der Waals surface area contributed by atoms with Crippen LogP contribution >= 0.6 is 0 Å². The van der Waals surface area contributed by atoms with E-state index in [1.165, 1.54) is 0 Å². The maximum absolute atomic E-state index is 12.7. The predicted molar refractivity (Wildman–Crippen MR) is 73.3 cm³/mol. The molecule has 1 aromatic carbocycles. The zero-order valence-corrected chi connectivity index (χ0v) is 11.3. The van der Waals surface area contributed by atoms with Crippen LogP contribution in [-0.4, -0.2) is 43.6 Å². The van der Waals surface area contributed by atoms with Crippen molar-refractivity contribution >= 4 is 5.91 Å². The van der Waals surface area contributed by atoms with Gasteiger partial charge in [-0.3, -0.25) is 4.79 Å². The van der Waals surface area contributed by atoms with Gasteiger partial charge in [0.15, 0.2) is 0 Å². The first kappa shape index (κ1) is 12.5. The highest BCUT2D eigenvalue weighted by atomic mass is 16.5. The lowest BCUT2D eigenvalue weighted by atomic mass is 9.91. The van der Waals surface area contributed by atoms with Crippen LogP contribution in [-0.2, 0) is 4.79 Å². The summed E-state index contributed by atoms with van der Waals surface area (Å²) in [5.74, 6) is 1.05. The number of amides is 1. The Morgan fingerprint density at radius 2 is 2.21 bits per heavy atom. The second-order valence-electron chi connectivity index (χ2n) is 5.32. The van der Waals surface area contributed by atoms with Crippen molar-refractivity contribution < 1.29 is 9.53 Å². The normalized spacial score (nSPS) is 25.5. The molecule has 1 N–H and O–H groups in total. The molecule has 0 aromatic heterocycles. The molecule has 1 aromatic rings. The summed E-state index contributed by atoms with van der Waals surface area (Å²) in [6.07, 6.45) is 1.83. The summed E-state index contributed by atoms with van der Waals surface area (Å²) in [6.45, 7) is 2.55. The van der Waals surface area contributed by atoms with Crippen molar-refractivity contribution in [2.75, 3.05) is 26.7 Å². The average Bonchev–Trinajstić information content (AvgIpc) is 2.99. The van der Waals surface area contributed by atoms with Crippen molar-refractivity contribution in [1.29, 1.82) is 0 Å². The molecule has 2 unspecified atom stereocenters. The number of hydrogen-bond acceptors (Lipinski definition) is 3. The minimum absolute atomic E-state index is 0.0458. The Bertz CT molecular complexity index is 469. The molecule has 2 heterocycles. The van der Waals surface area contributed by atoms with Crippen LogP contribution in [0.5, 0.6) is 5.75 Å². The van der Waals surface area contributed by atoms with Gasteiger partial charge in [0.25, 0.3) is 0 Å². The molecule has 0 bridgehead atoms. The molecule has 0 aliphatic carbocycles. The molecule has 0 saturated carbocycles. The van der Waals surface area contributed by atoms with E-state index in [2.05, 4.69) is 5.32 Å². The van der Waals surface area contributed by atoms with Crippen LogP contribution in [0.15, 0.2) is 24.3 Å². The second kappa shape index (κ2) is 5.21. The molecule has 2 aliphatic heterocycles. The van der Waals surface area contributed by atoms with Crippen LogP contribution < -0.4 is 10.1 Å². The zero-order valence-electron chi connectivity index (χ0n) is 11.3. The van der Waals surface area contributed by atoms with Crippen LogP contribution in [0.1, 0.15) is 24.3 Å². The fraction of sp³-hybridized carbons (Fsp3) is 0.533. The van der Waals surface area contributed by atoms with Gasteiger partial charge in [0.1, 0.15) is 5.75 Å². The summed E-state index contributed by atoms with van der Waals surface area (Å²) in [4.78, 5) is 14.6. The van der Waals surface area contributed by atoms with Crippen molar-refractivity contribution in [1.82, 2.24) is 10.2 Å². The van der Waals surface area contributed by atoms with Gasteiger partial charge in [0.2, 0.25) is 5.91 Å². The van der Waals surface area contributed by atoms with E-state index in [0.717, 1.165) is 37.2 Å². The van der Waals surface area contributed by atoms with Crippen LogP contribution in [0, 0.1) is 0 Å². The quantitative estimate of drug-likeness (QED) is 0.873. The van der Waals surface area contributed by atoms with Gasteiger partial charge in [0.05, 0.1) is 12.5 Å². The molecule has 0 spiro atoms. The number of likely N-dealkylation sites (N-methyl/N-ethyl adjacent to an activating group) is 1. The molecular formula is C15H20N2O2. The fourth-order valence-electron chi connectivity index (χ4n) is 2.99. The molecular weight excluding hydrogens is 240 g/mol. The number of benzene rings is 1. The van der Waals surface area contributed by atoms with E-state index in [1.54, 1.807) is 0 Å². The van der Waals surface area contributed by atoms with Gasteiger partial charge in [-0.1, -0.05) is 18.2 Å². The third-order valence-corrected chi connectivity index (χ3v) is 4.19. The van der Waals surface area contributed by atoms with E-state index >= 15 is 0 Å². The van der Waals surface area contributed by atoms with Gasteiger partial charge >= 0.3 is 0 Å². The summed E-state index contributed by atoms with van der Waals surface area (Å²) in [7, 11) is 1.93. The summed E-state index contributed by atoms with van der Waals surface area (Å²) >= 11 is 0. The molecule has 0 radical (unpaired) electrons. The zero-order chi connectivity index (χ0) is 13.2. The Labute approximate surface area is 113 Å². The van der Waals surface area contributed by atoms with Crippen LogP contribution in [0.2, 0.25) is 0 Å². The summed E-state index contributed by atoms with van der Waals surface area (Å²) in [5, 5.41) is 3.31. The topological polar surface area (TPSA) is 41.6 Å². The lowest BCUT2D eigenvalue weighted by molar-refractivity contribution is -0.134. The standard InChI is InChI=1S/C15H20N2O2/c1-17(11-6-8-16-10-11)15(18)13-7-9-19-14-5-3-2-4-12(13)14/h2-5,11,13,16H,6-10H2,1H3. The summed E-state index contributed by atoms with van der Waals surface area (Å²) < 4.78 is 5.63. The van der Waals surface area contributed by atoms with Crippen LogP contribution in [0.25, 0.3) is 0 Å². The maximum Gasteiger partial charge on any atom is 0.230 e. The van der Waals surface area contributed by atoms with Crippen molar-refractivity contribution in [3.8, 4) is 5.75 Å². The number of fused-ring (bicyclic) bond motifs is 1. The van der Waals surface area contributed by atoms with E-state index in [1.807, 2.05) is 36.2 Å². The van der Waals surface area contributed by atoms with Gasteiger partial charge in [-0.05, 0) is 25.5 Å². The third-order valence-electron chi connectivity index (χ3n) is 4.19. The number of para-hydroxylation sites is 1. The molecule has 4 heteroatoms. The van der Waals surface area contributed by atoms with Gasteiger partial charge in [0, 0.05) is 25.2 Å². The first-order valence-corrected chi connectivity index (χ1v) is 6.96. The molecule has 2 aliphatic rings. The maximum atomic E-state index is 12.7. The highest BCUT2D eigenvalue weighted by Gasteiger charge is 2.32. The average molecular weight is 260 g/mol. The number of carbonyl (C=O) groups is 1. The first-order chi connectivity index (χ1) is 9.27. The second-order valence-corrected chi connectivity index (χ2v) is 5.32. The van der Waals surface area contributed by atoms with E-state index in [-0.39, 0.29) is 11.8 Å². The first-order valence-electron chi connectivity index (χ1n) is 6.96. The van der Waals surface area contributed by atoms with Gasteiger partial charge in [-0.2, -0.15) is 0 Å². The summed E-state index contributed by atoms with van der Waals surface area (Å²) in [5.41, 5.74) is 1.04. The minimum Gasteiger partial charge on any atom is -0.493 e. The van der Waals surface area contributed by atoms with Crippen molar-refractivity contribution in [2.24, 2.45) is 0 Å². The van der Waals surface area contributed by atoms with Gasteiger partial charge in [-0.15, -0.1) is 0 Å². The number of ether oxygens (including phenoxy) is 1. The number of carbonyl (C=O) groups excluding carboxylic acids is 1. The van der Waals surface area contributed by atoms with Crippen molar-refractivity contribution in [3.05, 3.63) is 29.8 Å². The number of rotatable bonds is 2. The third kappa shape index (κ3) is 2.32. The molecule has 1 amide bonds. The van der Waals surface area contributed by atoms with E-state index in [4.69, 9.17) is 4.74 Å². The number of nitrogens with one attached hydrogen (secondary N) is 1. The number of hydrogen-bond donors (Lipinski definition) is 1. The lowest BCUT2D eigenvalue weighted by Crippen LogP contribution is -2.42. The molecule has 4 nitrogen and oxygen atoms in total. The Morgan fingerprint density at radius 3 is 3.00 bits per heavy atom. The molecule has 1 fully saturated rings. The molecule has 3 rings (SSSR count). The smallest absolute Gasteiger partial charge is 0.230 e. The van der Waals surface area contributed by atoms with Gasteiger partial charge in [-0.25, -0.2) is 0 Å². The van der Waals surface area contributed by atoms with E-state index < -0.39 is 0 Å². The predicted octanol–water partition coefficient (Wildman–Crippen LogP) is 1.37. The largest absolute Gasteiger partial charge is 0.493 e. The minimum atomic E-state index is -0.0458. The summed E-state index contributed by atoms with van der Waals surface area (Å²) in [6, 6.07) is 8.23. The Hall–Kier alpha value is -1.55. The Kier molecular flexibility index (Phi) is 3.42. The highest BCUT2D eigenvalue weighted by Crippen LogP contribution is 2.34. The van der Waals surface area contributed by atoms with E-state index in [0.29, 0.717) is 12.6 Å².